The highest BCUT2D eigenvalue weighted by atomic mass is 32.2. The lowest BCUT2D eigenvalue weighted by Crippen LogP contribution is -2.28. The van der Waals surface area contributed by atoms with Crippen molar-refractivity contribution in [2.24, 2.45) is 4.99 Å². The Kier molecular flexibility index (Phi) is 2.25. The summed E-state index contributed by atoms with van der Waals surface area (Å²) in [6.07, 6.45) is 4.53. The van der Waals surface area contributed by atoms with E-state index in [0.29, 0.717) is 0 Å². The zero-order valence-corrected chi connectivity index (χ0v) is 9.38. The predicted octanol–water partition coefficient (Wildman–Crippen LogP) is 1.82. The Morgan fingerprint density at radius 3 is 3.36 bits per heavy atom. The van der Waals surface area contributed by atoms with Gasteiger partial charge in [-0.25, -0.2) is 4.99 Å². The molecule has 0 fully saturated rings. The quantitative estimate of drug-likeness (QED) is 0.634. The van der Waals surface area contributed by atoms with Crippen molar-refractivity contribution in [3.8, 4) is 0 Å². The van der Waals surface area contributed by atoms with Crippen molar-refractivity contribution >= 4 is 29.2 Å². The lowest BCUT2D eigenvalue weighted by atomic mass is 9.96. The maximum absolute atomic E-state index is 4.52. The van der Waals surface area contributed by atoms with Gasteiger partial charge in [0.2, 0.25) is 0 Å². The molecule has 3 aliphatic rings. The van der Waals surface area contributed by atoms with E-state index in [1.165, 1.54) is 22.6 Å². The second-order valence-corrected chi connectivity index (χ2v) is 5.38. The van der Waals surface area contributed by atoms with E-state index >= 15 is 0 Å². The summed E-state index contributed by atoms with van der Waals surface area (Å²) in [5, 5.41) is 3.41. The number of nitrogens with zero attached hydrogens (tertiary/aromatic N) is 1. The van der Waals surface area contributed by atoms with Crippen molar-refractivity contribution < 1.29 is 0 Å². The topological polar surface area (TPSA) is 24.4 Å². The van der Waals surface area contributed by atoms with E-state index in [1.54, 1.807) is 0 Å². The van der Waals surface area contributed by atoms with Gasteiger partial charge in [0.15, 0.2) is 11.4 Å². The van der Waals surface area contributed by atoms with Crippen LogP contribution in [0.25, 0.3) is 0 Å². The minimum atomic E-state index is 0.917. The number of rotatable bonds is 0. The molecule has 0 aromatic heterocycles. The minimum absolute atomic E-state index is 0.917. The molecular weight excluding hydrogens is 212 g/mol. The Morgan fingerprint density at radius 2 is 2.36 bits per heavy atom. The van der Waals surface area contributed by atoms with Crippen molar-refractivity contribution in [1.29, 1.82) is 0 Å². The number of fused-ring (bicyclic) bond motifs is 1. The van der Waals surface area contributed by atoms with Crippen LogP contribution in [-0.4, -0.2) is 29.0 Å². The van der Waals surface area contributed by atoms with Crippen LogP contribution in [0.15, 0.2) is 27.9 Å². The highest BCUT2D eigenvalue weighted by molar-refractivity contribution is 7.99. The molecule has 1 N–H and O–H groups in total. The molecule has 0 spiro atoms. The standard InChI is InChI=1S/C10H11N2S2/c1-7-3-13-5-11-9(7)2-10-8(1)4-14-6-12-10/h1-2,11H,3-6H2/q+1. The number of hydrogen-bond acceptors (Lipinski definition) is 4. The molecule has 0 aromatic carbocycles. The number of hydrogen-bond donors (Lipinski definition) is 1. The number of thioether (sulfide) groups is 2. The van der Waals surface area contributed by atoms with Crippen LogP contribution in [0, 0.1) is 6.42 Å². The zero-order valence-electron chi connectivity index (χ0n) is 7.75. The van der Waals surface area contributed by atoms with Gasteiger partial charge in [-0.3, -0.25) is 0 Å². The molecule has 14 heavy (non-hydrogen) atoms. The van der Waals surface area contributed by atoms with E-state index in [0.717, 1.165) is 23.3 Å². The van der Waals surface area contributed by atoms with E-state index in [-0.39, 0.29) is 0 Å². The molecule has 2 heterocycles. The van der Waals surface area contributed by atoms with Crippen LogP contribution in [0.2, 0.25) is 0 Å². The fourth-order valence-electron chi connectivity index (χ4n) is 1.79. The molecule has 2 aliphatic heterocycles. The van der Waals surface area contributed by atoms with Gasteiger partial charge in [-0.05, 0) is 0 Å². The molecule has 72 valence electrons. The van der Waals surface area contributed by atoms with E-state index in [2.05, 4.69) is 22.8 Å². The van der Waals surface area contributed by atoms with Crippen LogP contribution in [0.5, 0.6) is 0 Å². The van der Waals surface area contributed by atoms with E-state index in [1.807, 2.05) is 23.5 Å². The van der Waals surface area contributed by atoms with Crippen LogP contribution >= 0.6 is 23.5 Å². The Bertz CT molecular complexity index is 355. The maximum atomic E-state index is 4.52. The van der Waals surface area contributed by atoms with Crippen LogP contribution in [0.3, 0.4) is 0 Å². The van der Waals surface area contributed by atoms with Crippen LogP contribution in [0.1, 0.15) is 0 Å². The Morgan fingerprint density at radius 1 is 1.36 bits per heavy atom. The van der Waals surface area contributed by atoms with Crippen molar-refractivity contribution in [1.82, 2.24) is 5.32 Å². The molecule has 4 heteroatoms. The molecule has 1 aliphatic carbocycles. The fourth-order valence-corrected chi connectivity index (χ4v) is 3.38. The second-order valence-electron chi connectivity index (χ2n) is 3.44. The molecule has 0 saturated carbocycles. The average molecular weight is 223 g/mol. The van der Waals surface area contributed by atoms with Gasteiger partial charge in [-0.1, -0.05) is 0 Å². The third kappa shape index (κ3) is 1.46. The average Bonchev–Trinajstić information content (AvgIpc) is 2.26. The summed E-state index contributed by atoms with van der Waals surface area (Å²) in [6.45, 7) is 0. The van der Waals surface area contributed by atoms with Crippen molar-refractivity contribution in [3.05, 3.63) is 29.3 Å². The third-order valence-electron chi connectivity index (χ3n) is 2.51. The van der Waals surface area contributed by atoms with Gasteiger partial charge in [0.25, 0.3) is 0 Å². The fraction of sp³-hybridized carbons (Fsp3) is 0.400. The maximum Gasteiger partial charge on any atom is 0.175 e. The highest BCUT2D eigenvalue weighted by Gasteiger charge is 2.31. The van der Waals surface area contributed by atoms with Crippen molar-refractivity contribution in [2.75, 3.05) is 23.3 Å². The Balaban J connectivity index is 1.97. The molecule has 3 rings (SSSR count). The summed E-state index contributed by atoms with van der Waals surface area (Å²) in [5.74, 6) is 4.21. The Labute approximate surface area is 92.3 Å². The largest absolute Gasteiger partial charge is 0.354 e. The smallest absolute Gasteiger partial charge is 0.175 e. The summed E-state index contributed by atoms with van der Waals surface area (Å²) in [5.41, 5.74) is 5.34. The van der Waals surface area contributed by atoms with Crippen LogP contribution in [-0.2, 0) is 0 Å². The van der Waals surface area contributed by atoms with Crippen molar-refractivity contribution in [3.63, 3.8) is 0 Å². The summed E-state index contributed by atoms with van der Waals surface area (Å²) < 4.78 is 0. The Hall–Kier alpha value is -0.480. The molecule has 2 nitrogen and oxygen atoms in total. The lowest BCUT2D eigenvalue weighted by Gasteiger charge is -2.20. The summed E-state index contributed by atoms with van der Waals surface area (Å²) in [7, 11) is 0. The van der Waals surface area contributed by atoms with Gasteiger partial charge in [-0.2, -0.15) is 0 Å². The summed E-state index contributed by atoms with van der Waals surface area (Å²) in [6, 6.07) is 0. The minimum Gasteiger partial charge on any atom is -0.354 e. The molecule has 0 aromatic rings. The normalized spacial score (nSPS) is 25.1. The van der Waals surface area contributed by atoms with E-state index in [4.69, 9.17) is 0 Å². The van der Waals surface area contributed by atoms with Gasteiger partial charge in [0, 0.05) is 0 Å². The number of nitrogens with one attached hydrogen (secondary N) is 1. The lowest BCUT2D eigenvalue weighted by molar-refractivity contribution is 0.944. The predicted molar refractivity (Wildman–Crippen MR) is 64.6 cm³/mol. The van der Waals surface area contributed by atoms with Gasteiger partial charge >= 0.3 is 0 Å². The van der Waals surface area contributed by atoms with Crippen LogP contribution < -0.4 is 5.32 Å². The molecule has 0 amide bonds. The van der Waals surface area contributed by atoms with Crippen LogP contribution in [0.4, 0.5) is 0 Å². The first kappa shape index (κ1) is 8.80. The van der Waals surface area contributed by atoms with Crippen molar-refractivity contribution in [2.45, 2.75) is 0 Å². The van der Waals surface area contributed by atoms with Gasteiger partial charge in [-0.15, -0.1) is 23.5 Å². The molecule has 0 saturated heterocycles. The molecular formula is C10H11N2S2+. The summed E-state index contributed by atoms with van der Waals surface area (Å²) >= 11 is 3.83. The SMILES string of the molecule is C1=C2CSCN=C2[CH+]C2=C1CSCN2. The number of allylic oxidation sites excluding steroid dienone is 2. The van der Waals surface area contributed by atoms with E-state index in [9.17, 15) is 0 Å². The van der Waals surface area contributed by atoms with Gasteiger partial charge in [0.1, 0.15) is 0 Å². The third-order valence-corrected chi connectivity index (χ3v) is 4.20. The molecule has 0 radical (unpaired) electrons. The zero-order chi connectivity index (χ0) is 9.38. The second kappa shape index (κ2) is 3.59. The first-order valence-corrected chi connectivity index (χ1v) is 6.97. The van der Waals surface area contributed by atoms with Gasteiger partial charge in [0.05, 0.1) is 46.9 Å². The first-order valence-electron chi connectivity index (χ1n) is 4.66. The molecule has 0 unspecified atom stereocenters. The number of aliphatic imine (C=N–C) groups is 1. The van der Waals surface area contributed by atoms with Gasteiger partial charge < -0.3 is 5.32 Å². The molecule has 0 bridgehead atoms. The monoisotopic (exact) mass is 223 g/mol. The first-order chi connectivity index (χ1) is 6.93. The molecule has 0 atom stereocenters. The highest BCUT2D eigenvalue weighted by Crippen LogP contribution is 2.30. The van der Waals surface area contributed by atoms with E-state index < -0.39 is 0 Å². The summed E-state index contributed by atoms with van der Waals surface area (Å²) in [4.78, 5) is 4.52.